The Kier molecular flexibility index (Phi) is 8.65. The van der Waals surface area contributed by atoms with Crippen LogP contribution in [0.15, 0.2) is 67.3 Å². The summed E-state index contributed by atoms with van der Waals surface area (Å²) >= 11 is 0. The molecule has 0 radical (unpaired) electrons. The number of rotatable bonds is 12. The van der Waals surface area contributed by atoms with Gasteiger partial charge in [-0.25, -0.2) is 9.78 Å². The van der Waals surface area contributed by atoms with Gasteiger partial charge in [0.2, 0.25) is 0 Å². The van der Waals surface area contributed by atoms with Crippen LogP contribution in [-0.2, 0) is 24.9 Å². The van der Waals surface area contributed by atoms with Crippen molar-refractivity contribution < 1.29 is 28.5 Å². The summed E-state index contributed by atoms with van der Waals surface area (Å²) in [4.78, 5) is 27.9. The zero-order chi connectivity index (χ0) is 26.2. The molecule has 0 aliphatic rings. The SMILES string of the molecule is CCOCC(C(C)(C)COC(C)=O)C(OC(N)=O)(Oc1ccc(-c2ccccc2)cc1)n1cncn1. The molecule has 3 aromatic rings. The lowest BCUT2D eigenvalue weighted by atomic mass is 9.77. The number of primary amides is 1. The number of hydrogen-bond donors (Lipinski definition) is 1. The predicted molar refractivity (Wildman–Crippen MR) is 132 cm³/mol. The summed E-state index contributed by atoms with van der Waals surface area (Å²) in [6, 6.07) is 17.2. The number of benzene rings is 2. The van der Waals surface area contributed by atoms with E-state index in [0.29, 0.717) is 12.4 Å². The molecule has 10 nitrogen and oxygen atoms in total. The number of nitrogens with zero attached hydrogens (tertiary/aromatic N) is 3. The Morgan fingerprint density at radius 2 is 1.72 bits per heavy atom. The van der Waals surface area contributed by atoms with Crippen LogP contribution in [0.2, 0.25) is 0 Å². The number of amides is 1. The van der Waals surface area contributed by atoms with Gasteiger partial charge in [0.15, 0.2) is 0 Å². The topological polar surface area (TPSA) is 128 Å². The average molecular weight is 497 g/mol. The Balaban J connectivity index is 2.09. The van der Waals surface area contributed by atoms with Crippen molar-refractivity contribution in [2.75, 3.05) is 19.8 Å². The third kappa shape index (κ3) is 6.39. The molecule has 0 spiro atoms. The summed E-state index contributed by atoms with van der Waals surface area (Å²) in [5.41, 5.74) is 6.73. The Morgan fingerprint density at radius 1 is 1.06 bits per heavy atom. The smallest absolute Gasteiger partial charge is 0.409 e. The van der Waals surface area contributed by atoms with Gasteiger partial charge >= 0.3 is 18.0 Å². The van der Waals surface area contributed by atoms with Crippen LogP contribution in [0, 0.1) is 11.3 Å². The minimum absolute atomic E-state index is 0.00501. The normalized spacial score (nSPS) is 13.9. The van der Waals surface area contributed by atoms with Gasteiger partial charge < -0.3 is 24.7 Å². The average Bonchev–Trinajstić information content (AvgIpc) is 3.39. The van der Waals surface area contributed by atoms with Gasteiger partial charge in [0.25, 0.3) is 0 Å². The molecule has 0 aliphatic carbocycles. The fourth-order valence-electron chi connectivity index (χ4n) is 3.89. The van der Waals surface area contributed by atoms with Gasteiger partial charge in [-0.2, -0.15) is 9.78 Å². The molecule has 1 amide bonds. The van der Waals surface area contributed by atoms with Crippen LogP contribution in [0.4, 0.5) is 4.79 Å². The number of carbonyl (C=O) groups is 2. The molecule has 36 heavy (non-hydrogen) atoms. The van der Waals surface area contributed by atoms with E-state index in [4.69, 9.17) is 24.7 Å². The van der Waals surface area contributed by atoms with Gasteiger partial charge in [-0.15, -0.1) is 0 Å². The van der Waals surface area contributed by atoms with Crippen LogP contribution < -0.4 is 10.5 Å². The zero-order valence-electron chi connectivity index (χ0n) is 20.9. The Labute approximate surface area is 210 Å². The molecule has 0 bridgehead atoms. The van der Waals surface area contributed by atoms with E-state index in [1.807, 2.05) is 63.2 Å². The van der Waals surface area contributed by atoms with Gasteiger partial charge in [-0.05, 0) is 30.2 Å². The summed E-state index contributed by atoms with van der Waals surface area (Å²) in [5.74, 6) is -2.71. The highest BCUT2D eigenvalue weighted by molar-refractivity contribution is 5.66. The largest absolute Gasteiger partial charge is 0.465 e. The highest BCUT2D eigenvalue weighted by Gasteiger charge is 2.55. The van der Waals surface area contributed by atoms with E-state index >= 15 is 0 Å². The van der Waals surface area contributed by atoms with E-state index in [1.54, 1.807) is 12.1 Å². The Hall–Kier alpha value is -3.92. The fourth-order valence-corrected chi connectivity index (χ4v) is 3.89. The first-order chi connectivity index (χ1) is 17.2. The van der Waals surface area contributed by atoms with E-state index in [1.165, 1.54) is 24.3 Å². The Morgan fingerprint density at radius 3 is 2.28 bits per heavy atom. The second-order valence-corrected chi connectivity index (χ2v) is 8.87. The number of carbonyl (C=O) groups excluding carboxylic acids is 2. The van der Waals surface area contributed by atoms with Crippen LogP contribution in [0.1, 0.15) is 27.7 Å². The first-order valence-electron chi connectivity index (χ1n) is 11.6. The molecular formula is C26H32N4O6. The standard InChI is InChI=1S/C26H32N4O6/c1-5-33-15-23(25(3,4)16-34-19(2)31)26(36-24(27)32,30-18-28-17-29-30)35-22-13-11-21(12-14-22)20-9-7-6-8-10-20/h6-14,17-18,23H,5,15-16H2,1-4H3,(H2,27,32). The molecular weight excluding hydrogens is 464 g/mol. The minimum atomic E-state index is -1.91. The van der Waals surface area contributed by atoms with Gasteiger partial charge in [-0.3, -0.25) is 4.79 Å². The molecule has 1 heterocycles. The number of hydrogen-bond acceptors (Lipinski definition) is 8. The third-order valence-electron chi connectivity index (χ3n) is 5.73. The molecule has 0 fully saturated rings. The molecule has 2 unspecified atom stereocenters. The fraction of sp³-hybridized carbons (Fsp3) is 0.385. The third-order valence-corrected chi connectivity index (χ3v) is 5.73. The van der Waals surface area contributed by atoms with Gasteiger partial charge in [0, 0.05) is 18.9 Å². The molecule has 3 rings (SSSR count). The van der Waals surface area contributed by atoms with Gasteiger partial charge in [-0.1, -0.05) is 56.3 Å². The quantitative estimate of drug-likeness (QED) is 0.295. The van der Waals surface area contributed by atoms with E-state index in [2.05, 4.69) is 10.1 Å². The lowest BCUT2D eigenvalue weighted by Gasteiger charge is -2.44. The lowest BCUT2D eigenvalue weighted by Crippen LogP contribution is -2.58. The van der Waals surface area contributed by atoms with Crippen molar-refractivity contribution in [1.29, 1.82) is 0 Å². The molecule has 2 atom stereocenters. The number of nitrogens with two attached hydrogens (primary N) is 1. The van der Waals surface area contributed by atoms with E-state index in [-0.39, 0.29) is 13.2 Å². The minimum Gasteiger partial charge on any atom is -0.465 e. The molecule has 10 heteroatoms. The van der Waals surface area contributed by atoms with Gasteiger partial charge in [0.1, 0.15) is 18.4 Å². The Bertz CT molecular complexity index is 1120. The van der Waals surface area contributed by atoms with Crippen molar-refractivity contribution >= 4 is 12.1 Å². The first-order valence-corrected chi connectivity index (χ1v) is 11.6. The molecule has 0 aliphatic heterocycles. The molecule has 1 aromatic heterocycles. The summed E-state index contributed by atoms with van der Waals surface area (Å²) in [5, 5.41) is 4.23. The van der Waals surface area contributed by atoms with Crippen LogP contribution >= 0.6 is 0 Å². The maximum absolute atomic E-state index is 12.2. The predicted octanol–water partition coefficient (Wildman–Crippen LogP) is 3.97. The zero-order valence-corrected chi connectivity index (χ0v) is 20.9. The maximum atomic E-state index is 12.2. The summed E-state index contributed by atoms with van der Waals surface area (Å²) in [6.45, 7) is 7.30. The lowest BCUT2D eigenvalue weighted by molar-refractivity contribution is -0.281. The van der Waals surface area contributed by atoms with Crippen LogP contribution in [-0.4, -0.2) is 46.6 Å². The second-order valence-electron chi connectivity index (χ2n) is 8.87. The summed E-state index contributed by atoms with van der Waals surface area (Å²) in [6.07, 6.45) is 1.57. The number of ether oxygens (including phenoxy) is 4. The van der Waals surface area contributed by atoms with Crippen molar-refractivity contribution in [2.45, 2.75) is 33.6 Å². The van der Waals surface area contributed by atoms with E-state index in [0.717, 1.165) is 11.1 Å². The monoisotopic (exact) mass is 496 g/mol. The van der Waals surface area contributed by atoms with Crippen molar-refractivity contribution in [1.82, 2.24) is 14.8 Å². The highest BCUT2D eigenvalue weighted by Crippen LogP contribution is 2.43. The molecule has 0 saturated carbocycles. The van der Waals surface area contributed by atoms with E-state index in [9.17, 15) is 9.59 Å². The van der Waals surface area contributed by atoms with Crippen LogP contribution in [0.25, 0.3) is 11.1 Å². The van der Waals surface area contributed by atoms with Crippen molar-refractivity contribution in [2.24, 2.45) is 17.1 Å². The highest BCUT2D eigenvalue weighted by atomic mass is 16.7. The molecule has 0 saturated heterocycles. The molecule has 2 N–H and O–H groups in total. The first kappa shape index (κ1) is 26.7. The molecule has 192 valence electrons. The summed E-state index contributed by atoms with van der Waals surface area (Å²) < 4.78 is 24.5. The van der Waals surface area contributed by atoms with Crippen molar-refractivity contribution in [3.05, 3.63) is 67.3 Å². The summed E-state index contributed by atoms with van der Waals surface area (Å²) in [7, 11) is 0. The van der Waals surface area contributed by atoms with Crippen molar-refractivity contribution in [3.63, 3.8) is 0 Å². The van der Waals surface area contributed by atoms with Gasteiger partial charge in [0.05, 0.1) is 19.1 Å². The number of aromatic nitrogens is 3. The molecule has 2 aromatic carbocycles. The van der Waals surface area contributed by atoms with Crippen LogP contribution in [0.5, 0.6) is 5.75 Å². The van der Waals surface area contributed by atoms with Crippen molar-refractivity contribution in [3.8, 4) is 16.9 Å². The van der Waals surface area contributed by atoms with E-state index < -0.39 is 29.3 Å². The maximum Gasteiger partial charge on any atom is 0.409 e. The second kappa shape index (κ2) is 11.7. The van der Waals surface area contributed by atoms with Crippen LogP contribution in [0.3, 0.4) is 0 Å². The number of esters is 1.